The van der Waals surface area contributed by atoms with Gasteiger partial charge in [0.2, 0.25) is 0 Å². The summed E-state index contributed by atoms with van der Waals surface area (Å²) < 4.78 is 0. The lowest BCUT2D eigenvalue weighted by molar-refractivity contribution is 0.240. The van der Waals surface area contributed by atoms with E-state index in [0.717, 1.165) is 23.4 Å². The Hall–Kier alpha value is -2.62. The van der Waals surface area contributed by atoms with Crippen molar-refractivity contribution in [3.63, 3.8) is 0 Å². The van der Waals surface area contributed by atoms with Gasteiger partial charge in [-0.05, 0) is 29.7 Å². The number of pyridine rings is 1. The first-order chi connectivity index (χ1) is 9.83. The van der Waals surface area contributed by atoms with Gasteiger partial charge in [-0.3, -0.25) is 4.98 Å². The van der Waals surface area contributed by atoms with Gasteiger partial charge >= 0.3 is 6.03 Å². The lowest BCUT2D eigenvalue weighted by Crippen LogP contribution is -2.42. The van der Waals surface area contributed by atoms with Crippen LogP contribution in [0, 0.1) is 0 Å². The van der Waals surface area contributed by atoms with E-state index in [1.54, 1.807) is 6.20 Å². The average Bonchev–Trinajstić information content (AvgIpc) is 2.86. The van der Waals surface area contributed by atoms with E-state index < -0.39 is 0 Å². The molecule has 4 heteroatoms. The van der Waals surface area contributed by atoms with Crippen LogP contribution in [0.25, 0.3) is 5.70 Å². The van der Waals surface area contributed by atoms with Crippen molar-refractivity contribution in [3.05, 3.63) is 71.1 Å². The summed E-state index contributed by atoms with van der Waals surface area (Å²) in [5.74, 6) is 0. The number of fused-ring (bicyclic) bond motifs is 2. The summed E-state index contributed by atoms with van der Waals surface area (Å²) in [5, 5.41) is 5.90. The molecule has 2 aliphatic rings. The van der Waals surface area contributed by atoms with Gasteiger partial charge in [0.1, 0.15) is 0 Å². The van der Waals surface area contributed by atoms with E-state index in [1.807, 2.05) is 30.3 Å². The predicted molar refractivity (Wildman–Crippen MR) is 75.7 cm³/mol. The highest BCUT2D eigenvalue weighted by Gasteiger charge is 2.34. The molecule has 0 fully saturated rings. The largest absolute Gasteiger partial charge is 0.326 e. The first-order valence-electron chi connectivity index (χ1n) is 6.63. The van der Waals surface area contributed by atoms with Gasteiger partial charge in [0.15, 0.2) is 0 Å². The maximum atomic E-state index is 11.9. The van der Waals surface area contributed by atoms with Crippen LogP contribution in [-0.2, 0) is 6.42 Å². The molecule has 0 spiro atoms. The number of carbonyl (C=O) groups is 1. The number of carbonyl (C=O) groups excluding carboxylic acids is 1. The van der Waals surface area contributed by atoms with Crippen molar-refractivity contribution in [2.75, 3.05) is 0 Å². The SMILES string of the molecule is O=C1NC2=C(Cc3ccccc32)[C@@H](c2ccccn2)N1. The summed E-state index contributed by atoms with van der Waals surface area (Å²) in [4.78, 5) is 16.3. The van der Waals surface area contributed by atoms with Gasteiger partial charge in [0.05, 0.1) is 17.4 Å². The van der Waals surface area contributed by atoms with Crippen molar-refractivity contribution >= 4 is 11.7 Å². The first kappa shape index (κ1) is 11.2. The molecule has 2 aromatic rings. The number of nitrogens with zero attached hydrogens (tertiary/aromatic N) is 1. The molecule has 0 bridgehead atoms. The molecule has 1 aliphatic heterocycles. The van der Waals surface area contributed by atoms with Gasteiger partial charge in [0.25, 0.3) is 0 Å². The van der Waals surface area contributed by atoms with Gasteiger partial charge in [-0.1, -0.05) is 30.3 Å². The molecule has 98 valence electrons. The Kier molecular flexibility index (Phi) is 2.36. The molecule has 0 saturated heterocycles. The molecule has 2 heterocycles. The molecule has 1 atom stereocenters. The topological polar surface area (TPSA) is 54.0 Å². The number of rotatable bonds is 1. The van der Waals surface area contributed by atoms with E-state index in [4.69, 9.17) is 0 Å². The van der Waals surface area contributed by atoms with E-state index in [2.05, 4.69) is 27.8 Å². The molecular formula is C16H13N3O. The van der Waals surface area contributed by atoms with Crippen molar-refractivity contribution < 1.29 is 4.79 Å². The maximum absolute atomic E-state index is 11.9. The van der Waals surface area contributed by atoms with E-state index in [-0.39, 0.29) is 12.1 Å². The van der Waals surface area contributed by atoms with Crippen molar-refractivity contribution in [3.8, 4) is 0 Å². The zero-order chi connectivity index (χ0) is 13.5. The van der Waals surface area contributed by atoms with Crippen LogP contribution in [0.2, 0.25) is 0 Å². The molecule has 1 aromatic carbocycles. The molecule has 0 saturated carbocycles. The van der Waals surface area contributed by atoms with Crippen molar-refractivity contribution in [2.45, 2.75) is 12.5 Å². The van der Waals surface area contributed by atoms with Crippen LogP contribution in [0.4, 0.5) is 4.79 Å². The lowest BCUT2D eigenvalue weighted by atomic mass is 9.99. The van der Waals surface area contributed by atoms with E-state index in [0.29, 0.717) is 0 Å². The highest BCUT2D eigenvalue weighted by atomic mass is 16.2. The molecule has 1 aliphatic carbocycles. The Labute approximate surface area is 116 Å². The summed E-state index contributed by atoms with van der Waals surface area (Å²) >= 11 is 0. The van der Waals surface area contributed by atoms with Crippen LogP contribution in [0.1, 0.15) is 22.9 Å². The molecule has 4 rings (SSSR count). The fourth-order valence-corrected chi connectivity index (χ4v) is 2.95. The highest BCUT2D eigenvalue weighted by molar-refractivity contribution is 5.92. The molecule has 1 aromatic heterocycles. The number of nitrogens with one attached hydrogen (secondary N) is 2. The fraction of sp³-hybridized carbons (Fsp3) is 0.125. The van der Waals surface area contributed by atoms with Gasteiger partial charge in [-0.25, -0.2) is 4.79 Å². The molecule has 20 heavy (non-hydrogen) atoms. The molecule has 2 amide bonds. The number of hydrogen-bond acceptors (Lipinski definition) is 2. The van der Waals surface area contributed by atoms with Gasteiger partial charge < -0.3 is 10.6 Å². The van der Waals surface area contributed by atoms with E-state index >= 15 is 0 Å². The maximum Gasteiger partial charge on any atom is 0.320 e. The molecule has 0 unspecified atom stereocenters. The van der Waals surface area contributed by atoms with E-state index in [9.17, 15) is 4.79 Å². The minimum absolute atomic E-state index is 0.146. The lowest BCUT2D eigenvalue weighted by Gasteiger charge is -2.26. The normalized spacial score (nSPS) is 20.0. The standard InChI is InChI=1S/C16H13N3O/c20-16-18-14-11-6-2-1-5-10(11)9-12(14)15(19-16)13-7-3-4-8-17-13/h1-8,15H,9H2,(H2,18,19,20)/t15-/m0/s1. The number of urea groups is 1. The third-order valence-electron chi connectivity index (χ3n) is 3.83. The van der Waals surface area contributed by atoms with Gasteiger partial charge in [0, 0.05) is 11.8 Å². The Morgan fingerprint density at radius 1 is 1.10 bits per heavy atom. The molecular weight excluding hydrogens is 250 g/mol. The van der Waals surface area contributed by atoms with Crippen molar-refractivity contribution in [1.82, 2.24) is 15.6 Å². The number of amides is 2. The Morgan fingerprint density at radius 3 is 2.80 bits per heavy atom. The van der Waals surface area contributed by atoms with Crippen LogP contribution in [0.5, 0.6) is 0 Å². The minimum Gasteiger partial charge on any atom is -0.326 e. The summed E-state index contributed by atoms with van der Waals surface area (Å²) in [7, 11) is 0. The summed E-state index contributed by atoms with van der Waals surface area (Å²) in [6.45, 7) is 0. The third-order valence-corrected chi connectivity index (χ3v) is 3.83. The summed E-state index contributed by atoms with van der Waals surface area (Å²) in [6, 6.07) is 13.6. The minimum atomic E-state index is -0.170. The first-order valence-corrected chi connectivity index (χ1v) is 6.63. The Bertz CT molecular complexity index is 722. The van der Waals surface area contributed by atoms with Crippen LogP contribution in [-0.4, -0.2) is 11.0 Å². The van der Waals surface area contributed by atoms with Crippen LogP contribution in [0.15, 0.2) is 54.2 Å². The molecule has 2 N–H and O–H groups in total. The van der Waals surface area contributed by atoms with Crippen LogP contribution >= 0.6 is 0 Å². The predicted octanol–water partition coefficient (Wildman–Crippen LogP) is 2.40. The average molecular weight is 263 g/mol. The second-order valence-electron chi connectivity index (χ2n) is 5.02. The fourth-order valence-electron chi connectivity index (χ4n) is 2.95. The van der Waals surface area contributed by atoms with Gasteiger partial charge in [-0.15, -0.1) is 0 Å². The summed E-state index contributed by atoms with van der Waals surface area (Å²) in [6.07, 6.45) is 2.60. The Balaban J connectivity index is 1.84. The second-order valence-corrected chi connectivity index (χ2v) is 5.02. The van der Waals surface area contributed by atoms with E-state index in [1.165, 1.54) is 11.1 Å². The van der Waals surface area contributed by atoms with Gasteiger partial charge in [-0.2, -0.15) is 0 Å². The van der Waals surface area contributed by atoms with Crippen LogP contribution in [0.3, 0.4) is 0 Å². The summed E-state index contributed by atoms with van der Waals surface area (Å²) in [5.41, 5.74) is 5.38. The number of aromatic nitrogens is 1. The monoisotopic (exact) mass is 263 g/mol. The number of hydrogen-bond donors (Lipinski definition) is 2. The quantitative estimate of drug-likeness (QED) is 0.830. The van der Waals surface area contributed by atoms with Crippen molar-refractivity contribution in [2.24, 2.45) is 0 Å². The smallest absolute Gasteiger partial charge is 0.320 e. The Morgan fingerprint density at radius 2 is 1.95 bits per heavy atom. The number of benzene rings is 1. The second kappa shape index (κ2) is 4.20. The zero-order valence-electron chi connectivity index (χ0n) is 10.8. The zero-order valence-corrected chi connectivity index (χ0v) is 10.8. The molecule has 4 nitrogen and oxygen atoms in total. The highest BCUT2D eigenvalue weighted by Crippen LogP contribution is 2.39. The van der Waals surface area contributed by atoms with Crippen molar-refractivity contribution in [1.29, 1.82) is 0 Å². The molecule has 0 radical (unpaired) electrons. The van der Waals surface area contributed by atoms with Crippen LogP contribution < -0.4 is 10.6 Å². The third kappa shape index (κ3) is 1.61.